The first-order valence-corrected chi connectivity index (χ1v) is 6.49. The summed E-state index contributed by atoms with van der Waals surface area (Å²) in [6.45, 7) is 1.47. The molecule has 1 aliphatic rings. The van der Waals surface area contributed by atoms with E-state index in [4.69, 9.17) is 10.00 Å². The Morgan fingerprint density at radius 2 is 1.91 bits per heavy atom. The molecule has 0 saturated heterocycles. The number of allylic oxidation sites excluding steroid dienone is 1. The topological polar surface area (TPSA) is 123 Å². The summed E-state index contributed by atoms with van der Waals surface area (Å²) in [6.07, 6.45) is -1.40. The molecule has 1 atom stereocenters. The van der Waals surface area contributed by atoms with Gasteiger partial charge in [0, 0.05) is 0 Å². The summed E-state index contributed by atoms with van der Waals surface area (Å²) in [7, 11) is 1.25. The Morgan fingerprint density at radius 3 is 2.35 bits per heavy atom. The number of carbonyl (C=O) groups is 2. The molecule has 0 bridgehead atoms. The number of benzene rings is 1. The molecule has 0 spiro atoms. The minimum Gasteiger partial charge on any atom is -0.478 e. The number of carboxylic acids is 1. The van der Waals surface area contributed by atoms with Gasteiger partial charge < -0.3 is 14.9 Å². The Hall–Kier alpha value is -3.34. The van der Waals surface area contributed by atoms with Crippen molar-refractivity contribution in [2.24, 2.45) is 4.99 Å². The first-order chi connectivity index (χ1) is 10.9. The molecule has 118 valence electrons. The molecular formula is C15H13N3O5. The molecule has 2 rings (SSSR count). The number of rotatable bonds is 2. The number of amides is 1. The molecule has 1 heterocycles. The zero-order valence-corrected chi connectivity index (χ0v) is 12.3. The molecule has 1 aromatic carbocycles. The highest BCUT2D eigenvalue weighted by Crippen LogP contribution is 2.35. The van der Waals surface area contributed by atoms with Crippen LogP contribution in [0.1, 0.15) is 24.1 Å². The second kappa shape index (κ2) is 6.19. The number of aliphatic carboxylic acids is 1. The van der Waals surface area contributed by atoms with Crippen molar-refractivity contribution in [3.63, 3.8) is 0 Å². The Labute approximate surface area is 131 Å². The van der Waals surface area contributed by atoms with Crippen LogP contribution in [0.25, 0.3) is 0 Å². The summed E-state index contributed by atoms with van der Waals surface area (Å²) < 4.78 is 4.98. The summed E-state index contributed by atoms with van der Waals surface area (Å²) in [6, 6.07) is 6.61. The number of aliphatic imine (C=N–C) groups is 1. The lowest BCUT2D eigenvalue weighted by Crippen LogP contribution is -2.44. The number of hydrogen-bond donors (Lipinski definition) is 2. The van der Waals surface area contributed by atoms with Gasteiger partial charge in [0.15, 0.2) is 0 Å². The minimum atomic E-state index is -1.40. The number of nitriles is 1. The van der Waals surface area contributed by atoms with E-state index in [2.05, 4.69) is 4.99 Å². The smallest absolute Gasteiger partial charge is 0.416 e. The van der Waals surface area contributed by atoms with E-state index in [1.54, 1.807) is 0 Å². The van der Waals surface area contributed by atoms with Crippen LogP contribution in [0.5, 0.6) is 0 Å². The molecule has 1 aliphatic heterocycles. The fourth-order valence-electron chi connectivity index (χ4n) is 2.36. The van der Waals surface area contributed by atoms with E-state index in [1.807, 2.05) is 6.07 Å². The van der Waals surface area contributed by atoms with Gasteiger partial charge >= 0.3 is 18.1 Å². The van der Waals surface area contributed by atoms with Gasteiger partial charge in [0.05, 0.1) is 30.0 Å². The van der Waals surface area contributed by atoms with Crippen molar-refractivity contribution in [1.82, 2.24) is 4.90 Å². The fraction of sp³-hybridized carbons (Fsp3) is 0.200. The van der Waals surface area contributed by atoms with Crippen molar-refractivity contribution in [1.29, 1.82) is 5.26 Å². The monoisotopic (exact) mass is 315 g/mol. The first-order valence-electron chi connectivity index (χ1n) is 6.49. The second-order valence-corrected chi connectivity index (χ2v) is 4.69. The molecule has 0 saturated carbocycles. The van der Waals surface area contributed by atoms with Crippen molar-refractivity contribution >= 4 is 18.1 Å². The van der Waals surface area contributed by atoms with Gasteiger partial charge in [-0.15, -0.1) is 0 Å². The predicted molar refractivity (Wildman–Crippen MR) is 78.5 cm³/mol. The SMILES string of the molecule is COC1=NC(C)=C(C(=O)O)C(c2ccc(C#N)cc2)N1C(=O)O. The quantitative estimate of drug-likeness (QED) is 0.859. The minimum absolute atomic E-state index is 0.154. The van der Waals surface area contributed by atoms with Gasteiger partial charge in [-0.2, -0.15) is 5.26 Å². The van der Waals surface area contributed by atoms with Crippen molar-refractivity contribution in [3.8, 4) is 6.07 Å². The highest BCUT2D eigenvalue weighted by molar-refractivity contribution is 5.98. The second-order valence-electron chi connectivity index (χ2n) is 4.69. The average Bonchev–Trinajstić information content (AvgIpc) is 2.53. The van der Waals surface area contributed by atoms with Crippen LogP contribution in [0.15, 0.2) is 40.5 Å². The van der Waals surface area contributed by atoms with Crippen LogP contribution in [-0.4, -0.2) is 40.3 Å². The van der Waals surface area contributed by atoms with Gasteiger partial charge in [0.25, 0.3) is 0 Å². The molecule has 1 unspecified atom stereocenters. The van der Waals surface area contributed by atoms with Gasteiger partial charge in [0.2, 0.25) is 0 Å². The van der Waals surface area contributed by atoms with Gasteiger partial charge in [-0.1, -0.05) is 12.1 Å². The lowest BCUT2D eigenvalue weighted by Gasteiger charge is -2.33. The summed E-state index contributed by atoms with van der Waals surface area (Å²) in [5.41, 5.74) is 0.761. The van der Waals surface area contributed by atoms with Gasteiger partial charge in [0.1, 0.15) is 6.04 Å². The van der Waals surface area contributed by atoms with Crippen molar-refractivity contribution < 1.29 is 24.5 Å². The maximum absolute atomic E-state index is 11.6. The predicted octanol–water partition coefficient (Wildman–Crippen LogP) is 1.95. The summed E-state index contributed by atoms with van der Waals surface area (Å²) in [5, 5.41) is 27.8. The van der Waals surface area contributed by atoms with Gasteiger partial charge in [-0.3, -0.25) is 0 Å². The van der Waals surface area contributed by atoms with Crippen LogP contribution in [-0.2, 0) is 9.53 Å². The Kier molecular flexibility index (Phi) is 4.32. The van der Waals surface area contributed by atoms with Crippen LogP contribution >= 0.6 is 0 Å². The molecular weight excluding hydrogens is 302 g/mol. The number of methoxy groups -OCH3 is 1. The lowest BCUT2D eigenvalue weighted by molar-refractivity contribution is -0.133. The average molecular weight is 315 g/mol. The van der Waals surface area contributed by atoms with Crippen molar-refractivity contribution in [3.05, 3.63) is 46.7 Å². The molecule has 1 amide bonds. The normalized spacial score (nSPS) is 17.3. The molecule has 8 heteroatoms. The van der Waals surface area contributed by atoms with Crippen LogP contribution in [0.3, 0.4) is 0 Å². The third kappa shape index (κ3) is 2.85. The molecule has 8 nitrogen and oxygen atoms in total. The Bertz CT molecular complexity index is 758. The van der Waals surface area contributed by atoms with E-state index in [1.165, 1.54) is 38.3 Å². The van der Waals surface area contributed by atoms with Crippen LogP contribution < -0.4 is 0 Å². The van der Waals surface area contributed by atoms with E-state index < -0.39 is 18.1 Å². The number of ether oxygens (including phenoxy) is 1. The van der Waals surface area contributed by atoms with Crippen LogP contribution in [0.4, 0.5) is 4.79 Å². The highest BCUT2D eigenvalue weighted by Gasteiger charge is 2.40. The largest absolute Gasteiger partial charge is 0.478 e. The van der Waals surface area contributed by atoms with Crippen LogP contribution in [0, 0.1) is 11.3 Å². The maximum atomic E-state index is 11.6. The lowest BCUT2D eigenvalue weighted by atomic mass is 9.94. The zero-order chi connectivity index (χ0) is 17.1. The summed E-state index contributed by atoms with van der Waals surface area (Å²) in [4.78, 5) is 27.8. The van der Waals surface area contributed by atoms with Gasteiger partial charge in [-0.25, -0.2) is 19.5 Å². The van der Waals surface area contributed by atoms with Crippen LogP contribution in [0.2, 0.25) is 0 Å². The standard InChI is InChI=1S/C15H13N3O5/c1-8-11(13(19)20)12(10-5-3-9(7-16)4-6-10)18(15(21)22)14(17-8)23-2/h3-6,12H,1-2H3,(H,19,20)(H,21,22). The number of amidine groups is 1. The molecule has 1 aromatic rings. The number of carboxylic acid groups (broad SMARTS) is 2. The molecule has 0 aromatic heterocycles. The van der Waals surface area contributed by atoms with E-state index in [0.717, 1.165) is 4.90 Å². The van der Waals surface area contributed by atoms with E-state index in [-0.39, 0.29) is 17.3 Å². The first kappa shape index (κ1) is 16.0. The number of hydrogen-bond acceptors (Lipinski definition) is 5. The van der Waals surface area contributed by atoms with E-state index in [9.17, 15) is 19.8 Å². The zero-order valence-electron chi connectivity index (χ0n) is 12.3. The molecule has 0 radical (unpaired) electrons. The molecule has 0 fully saturated rings. The maximum Gasteiger partial charge on any atom is 0.416 e. The van der Waals surface area contributed by atoms with E-state index >= 15 is 0 Å². The Morgan fingerprint density at radius 1 is 1.30 bits per heavy atom. The highest BCUT2D eigenvalue weighted by atomic mass is 16.5. The molecule has 23 heavy (non-hydrogen) atoms. The van der Waals surface area contributed by atoms with E-state index in [0.29, 0.717) is 11.1 Å². The fourth-order valence-corrected chi connectivity index (χ4v) is 2.36. The summed E-state index contributed by atoms with van der Waals surface area (Å²) in [5.74, 6) is -1.28. The third-order valence-electron chi connectivity index (χ3n) is 3.37. The summed E-state index contributed by atoms with van der Waals surface area (Å²) >= 11 is 0. The Balaban J connectivity index is 2.66. The number of nitrogens with zero attached hydrogens (tertiary/aromatic N) is 3. The third-order valence-corrected chi connectivity index (χ3v) is 3.37. The van der Waals surface area contributed by atoms with Crippen molar-refractivity contribution in [2.75, 3.05) is 7.11 Å². The van der Waals surface area contributed by atoms with Gasteiger partial charge in [-0.05, 0) is 24.6 Å². The molecule has 0 aliphatic carbocycles. The molecule has 2 N–H and O–H groups in total. The van der Waals surface area contributed by atoms with Crippen molar-refractivity contribution in [2.45, 2.75) is 13.0 Å².